The van der Waals surface area contributed by atoms with Crippen LogP contribution in [-0.2, 0) is 0 Å². The molecule has 2 aromatic carbocycles. The zero-order valence-corrected chi connectivity index (χ0v) is 14.9. The van der Waals surface area contributed by atoms with Crippen LogP contribution in [0.2, 0.25) is 10.0 Å². The van der Waals surface area contributed by atoms with Gasteiger partial charge in [-0.3, -0.25) is 4.79 Å². The van der Waals surface area contributed by atoms with Crippen LogP contribution in [0.1, 0.15) is 9.67 Å². The molecule has 0 spiro atoms. The Kier molecular flexibility index (Phi) is 4.32. The number of hydrogen-bond acceptors (Lipinski definition) is 3. The number of halogens is 3. The summed E-state index contributed by atoms with van der Waals surface area (Å²) >= 11 is 16.9. The SMILES string of the molecule is Nc1cc(Br)ccc1NC(=O)c1sc2cc(Cl)ccc2c1Cl. The van der Waals surface area contributed by atoms with Gasteiger partial charge < -0.3 is 11.1 Å². The van der Waals surface area contributed by atoms with Crippen LogP contribution in [0.4, 0.5) is 11.4 Å². The Hall–Kier alpha value is -1.27. The lowest BCUT2D eigenvalue weighted by Gasteiger charge is -2.07. The number of hydrogen-bond donors (Lipinski definition) is 2. The molecule has 7 heteroatoms. The number of rotatable bonds is 2. The second kappa shape index (κ2) is 6.08. The lowest BCUT2D eigenvalue weighted by atomic mass is 10.2. The summed E-state index contributed by atoms with van der Waals surface area (Å²) in [7, 11) is 0. The van der Waals surface area contributed by atoms with Crippen LogP contribution < -0.4 is 11.1 Å². The number of nitrogens with one attached hydrogen (secondary N) is 1. The fourth-order valence-corrected chi connectivity index (χ4v) is 4.08. The van der Waals surface area contributed by atoms with E-state index in [2.05, 4.69) is 21.2 Å². The lowest BCUT2D eigenvalue weighted by Crippen LogP contribution is -2.12. The van der Waals surface area contributed by atoms with E-state index in [9.17, 15) is 4.79 Å². The number of thiophene rings is 1. The Morgan fingerprint density at radius 2 is 1.95 bits per heavy atom. The number of nitrogens with two attached hydrogens (primary N) is 1. The summed E-state index contributed by atoms with van der Waals surface area (Å²) in [6.07, 6.45) is 0. The summed E-state index contributed by atoms with van der Waals surface area (Å²) in [4.78, 5) is 12.9. The van der Waals surface area contributed by atoms with Gasteiger partial charge in [-0.05, 0) is 30.3 Å². The van der Waals surface area contributed by atoms with Crippen molar-refractivity contribution in [1.29, 1.82) is 0 Å². The highest BCUT2D eigenvalue weighted by atomic mass is 79.9. The first-order valence-electron chi connectivity index (χ1n) is 6.19. The van der Waals surface area contributed by atoms with E-state index in [-0.39, 0.29) is 5.91 Å². The fourth-order valence-electron chi connectivity index (χ4n) is 2.01. The molecule has 1 aromatic heterocycles. The predicted octanol–water partition coefficient (Wildman–Crippen LogP) is 5.81. The van der Waals surface area contributed by atoms with E-state index < -0.39 is 0 Å². The molecule has 22 heavy (non-hydrogen) atoms. The average molecular weight is 416 g/mol. The third-order valence-corrected chi connectivity index (χ3v) is 5.44. The highest BCUT2D eigenvalue weighted by Gasteiger charge is 2.18. The summed E-state index contributed by atoms with van der Waals surface area (Å²) < 4.78 is 1.71. The molecule has 0 aliphatic rings. The topological polar surface area (TPSA) is 55.1 Å². The van der Waals surface area contributed by atoms with E-state index >= 15 is 0 Å². The molecule has 0 saturated carbocycles. The van der Waals surface area contributed by atoms with E-state index in [1.165, 1.54) is 11.3 Å². The third-order valence-electron chi connectivity index (χ3n) is 3.06. The molecule has 3 aromatic rings. The Morgan fingerprint density at radius 3 is 2.68 bits per heavy atom. The standard InChI is InChI=1S/C15H9BrCl2N2OS/c16-7-1-4-11(10(19)5-7)20-15(21)14-13(18)9-3-2-8(17)6-12(9)22-14/h1-6H,19H2,(H,20,21). The Bertz CT molecular complexity index is 895. The van der Waals surface area contributed by atoms with Crippen molar-refractivity contribution in [1.82, 2.24) is 0 Å². The van der Waals surface area contributed by atoms with Crippen molar-refractivity contribution in [3.8, 4) is 0 Å². The van der Waals surface area contributed by atoms with Crippen molar-refractivity contribution in [2.24, 2.45) is 0 Å². The van der Waals surface area contributed by atoms with E-state index in [1.807, 2.05) is 0 Å². The maximum atomic E-state index is 12.4. The first-order chi connectivity index (χ1) is 10.5. The molecule has 3 N–H and O–H groups in total. The molecule has 3 nitrogen and oxygen atoms in total. The van der Waals surface area contributed by atoms with Crippen molar-refractivity contribution in [2.45, 2.75) is 0 Å². The summed E-state index contributed by atoms with van der Waals surface area (Å²) in [5, 5.41) is 4.62. The van der Waals surface area contributed by atoms with Crippen molar-refractivity contribution < 1.29 is 4.79 Å². The van der Waals surface area contributed by atoms with E-state index in [1.54, 1.807) is 36.4 Å². The van der Waals surface area contributed by atoms with Crippen LogP contribution in [0.25, 0.3) is 10.1 Å². The summed E-state index contributed by atoms with van der Waals surface area (Å²) in [5.74, 6) is -0.295. The smallest absolute Gasteiger partial charge is 0.267 e. The van der Waals surface area contributed by atoms with Gasteiger partial charge in [0.1, 0.15) is 4.88 Å². The van der Waals surface area contributed by atoms with Crippen molar-refractivity contribution >= 4 is 77.8 Å². The minimum Gasteiger partial charge on any atom is -0.397 e. The molecule has 1 amide bonds. The minimum absolute atomic E-state index is 0.295. The van der Waals surface area contributed by atoms with Crippen LogP contribution >= 0.6 is 50.5 Å². The lowest BCUT2D eigenvalue weighted by molar-refractivity contribution is 0.103. The molecule has 0 saturated heterocycles. The van der Waals surface area contributed by atoms with Crippen LogP contribution in [-0.4, -0.2) is 5.91 Å². The monoisotopic (exact) mass is 414 g/mol. The molecule has 0 atom stereocenters. The first-order valence-corrected chi connectivity index (χ1v) is 8.56. The van der Waals surface area contributed by atoms with E-state index in [4.69, 9.17) is 28.9 Å². The Labute approximate surface area is 149 Å². The van der Waals surface area contributed by atoms with Gasteiger partial charge in [-0.25, -0.2) is 0 Å². The van der Waals surface area contributed by atoms with Crippen LogP contribution in [0.3, 0.4) is 0 Å². The molecule has 3 rings (SSSR count). The van der Waals surface area contributed by atoms with Crippen molar-refractivity contribution in [3.63, 3.8) is 0 Å². The molecule has 0 radical (unpaired) electrons. The number of amides is 1. The second-order valence-electron chi connectivity index (χ2n) is 4.57. The predicted molar refractivity (Wildman–Crippen MR) is 98.4 cm³/mol. The number of carbonyl (C=O) groups is 1. The highest BCUT2D eigenvalue weighted by Crippen LogP contribution is 2.37. The fraction of sp³-hybridized carbons (Fsp3) is 0. The number of carbonyl (C=O) groups excluding carboxylic acids is 1. The number of benzene rings is 2. The quantitative estimate of drug-likeness (QED) is 0.519. The minimum atomic E-state index is -0.295. The van der Waals surface area contributed by atoms with Crippen LogP contribution in [0, 0.1) is 0 Å². The van der Waals surface area contributed by atoms with Crippen molar-refractivity contribution in [3.05, 3.63) is 55.8 Å². The normalized spacial score (nSPS) is 10.9. The maximum Gasteiger partial charge on any atom is 0.267 e. The highest BCUT2D eigenvalue weighted by molar-refractivity contribution is 9.10. The Morgan fingerprint density at radius 1 is 1.18 bits per heavy atom. The van der Waals surface area contributed by atoms with E-state index in [0.717, 1.165) is 14.6 Å². The molecular formula is C15H9BrCl2N2OS. The van der Waals surface area contributed by atoms with Crippen LogP contribution in [0.15, 0.2) is 40.9 Å². The first kappa shape index (κ1) is 15.6. The molecule has 0 bridgehead atoms. The number of nitrogen functional groups attached to an aromatic ring is 1. The molecule has 112 valence electrons. The van der Waals surface area contributed by atoms with Gasteiger partial charge in [0, 0.05) is 19.6 Å². The van der Waals surface area contributed by atoms with Gasteiger partial charge >= 0.3 is 0 Å². The van der Waals surface area contributed by atoms with Gasteiger partial charge in [-0.2, -0.15) is 0 Å². The van der Waals surface area contributed by atoms with Gasteiger partial charge in [-0.15, -0.1) is 11.3 Å². The molecule has 1 heterocycles. The molecule has 0 aliphatic carbocycles. The van der Waals surface area contributed by atoms with Crippen LogP contribution in [0.5, 0.6) is 0 Å². The summed E-state index contributed by atoms with van der Waals surface area (Å²) in [6, 6.07) is 10.6. The second-order valence-corrected chi connectivity index (χ2v) is 7.35. The molecule has 0 aliphatic heterocycles. The summed E-state index contributed by atoms with van der Waals surface area (Å²) in [5.41, 5.74) is 6.91. The van der Waals surface area contributed by atoms with Gasteiger partial charge in [0.25, 0.3) is 5.91 Å². The van der Waals surface area contributed by atoms with Gasteiger partial charge in [-0.1, -0.05) is 45.2 Å². The van der Waals surface area contributed by atoms with Gasteiger partial charge in [0.05, 0.1) is 16.4 Å². The van der Waals surface area contributed by atoms with Gasteiger partial charge in [0.2, 0.25) is 0 Å². The molecule has 0 unspecified atom stereocenters. The molecular weight excluding hydrogens is 407 g/mol. The van der Waals surface area contributed by atoms with Crippen molar-refractivity contribution in [2.75, 3.05) is 11.1 Å². The van der Waals surface area contributed by atoms with Gasteiger partial charge in [0.15, 0.2) is 0 Å². The summed E-state index contributed by atoms with van der Waals surface area (Å²) in [6.45, 7) is 0. The zero-order chi connectivity index (χ0) is 15.9. The molecule has 0 fully saturated rings. The largest absolute Gasteiger partial charge is 0.397 e. The zero-order valence-electron chi connectivity index (χ0n) is 11.0. The average Bonchev–Trinajstić information content (AvgIpc) is 2.78. The number of anilines is 2. The Balaban J connectivity index is 1.97. The van der Waals surface area contributed by atoms with E-state index in [0.29, 0.717) is 26.3 Å². The third kappa shape index (κ3) is 2.94. The maximum absolute atomic E-state index is 12.4. The number of fused-ring (bicyclic) bond motifs is 1.